The summed E-state index contributed by atoms with van der Waals surface area (Å²) in [7, 11) is 3.23. The number of aromatic amines is 1. The number of amides is 1. The zero-order chi connectivity index (χ0) is 31.8. The van der Waals surface area contributed by atoms with E-state index in [1.54, 1.807) is 18.8 Å². The van der Waals surface area contributed by atoms with Crippen LogP contribution in [0.1, 0.15) is 24.1 Å². The molecule has 0 unspecified atom stereocenters. The Bertz CT molecular complexity index is 2320. The number of anilines is 1. The summed E-state index contributed by atoms with van der Waals surface area (Å²) in [5, 5.41) is 3.92. The van der Waals surface area contributed by atoms with Crippen molar-refractivity contribution in [2.24, 2.45) is 4.99 Å². The number of para-hydroxylation sites is 1. The summed E-state index contributed by atoms with van der Waals surface area (Å²) in [6.45, 7) is 1.81. The molecule has 0 saturated carbocycles. The normalized spacial score (nSPS) is 14.6. The number of carbonyl (C=O) groups excluding carboxylic acids is 1. The predicted molar refractivity (Wildman–Crippen MR) is 182 cm³/mol. The summed E-state index contributed by atoms with van der Waals surface area (Å²) in [6, 6.07) is 31.8. The molecule has 2 aromatic heterocycles. The van der Waals surface area contributed by atoms with E-state index in [0.29, 0.717) is 37.8 Å². The topological polar surface area (TPSA) is 97.7 Å². The van der Waals surface area contributed by atoms with Gasteiger partial charge in [-0.1, -0.05) is 72.0 Å². The summed E-state index contributed by atoms with van der Waals surface area (Å²) in [6.07, 6.45) is 1.91. The number of carbonyl (C=O) groups is 1. The molecule has 0 aliphatic carbocycles. The molecular formula is C37H30N4O4S. The van der Waals surface area contributed by atoms with Crippen molar-refractivity contribution >= 4 is 39.9 Å². The highest BCUT2D eigenvalue weighted by Gasteiger charge is 2.33. The van der Waals surface area contributed by atoms with Gasteiger partial charge in [0.2, 0.25) is 0 Å². The van der Waals surface area contributed by atoms with Gasteiger partial charge in [-0.05, 0) is 66.6 Å². The molecule has 0 fully saturated rings. The van der Waals surface area contributed by atoms with E-state index in [1.807, 2.05) is 116 Å². The van der Waals surface area contributed by atoms with Crippen LogP contribution in [0.15, 0.2) is 124 Å². The maximum Gasteiger partial charge on any atom is 0.271 e. The van der Waals surface area contributed by atoms with Gasteiger partial charge in [0.05, 0.1) is 41.8 Å². The van der Waals surface area contributed by atoms with Crippen LogP contribution in [0, 0.1) is 0 Å². The third-order valence-electron chi connectivity index (χ3n) is 8.09. The molecule has 1 amide bonds. The molecule has 9 heteroatoms. The molecule has 46 heavy (non-hydrogen) atoms. The maximum atomic E-state index is 14.5. The van der Waals surface area contributed by atoms with Crippen molar-refractivity contribution in [3.05, 3.63) is 145 Å². The van der Waals surface area contributed by atoms with Gasteiger partial charge in [-0.2, -0.15) is 0 Å². The number of nitrogens with zero attached hydrogens (tertiary/aromatic N) is 2. The van der Waals surface area contributed by atoms with Gasteiger partial charge in [-0.3, -0.25) is 14.2 Å². The fourth-order valence-corrected chi connectivity index (χ4v) is 6.92. The van der Waals surface area contributed by atoms with Crippen molar-refractivity contribution in [3.63, 3.8) is 0 Å². The third-order valence-corrected chi connectivity index (χ3v) is 9.07. The zero-order valence-corrected chi connectivity index (χ0v) is 26.2. The molecule has 0 bridgehead atoms. The molecule has 8 nitrogen and oxygen atoms in total. The Kier molecular flexibility index (Phi) is 7.60. The van der Waals surface area contributed by atoms with Crippen LogP contribution in [0.5, 0.6) is 11.5 Å². The minimum atomic E-state index is -0.728. The number of methoxy groups -OCH3 is 2. The highest BCUT2D eigenvalue weighted by Crippen LogP contribution is 2.34. The third kappa shape index (κ3) is 5.20. The molecule has 1 atom stereocenters. The largest absolute Gasteiger partial charge is 0.497 e. The van der Waals surface area contributed by atoms with Gasteiger partial charge in [-0.15, -0.1) is 0 Å². The number of thiazole rings is 1. The number of fused-ring (bicyclic) bond motifs is 2. The monoisotopic (exact) mass is 626 g/mol. The van der Waals surface area contributed by atoms with Crippen LogP contribution in [0.3, 0.4) is 0 Å². The predicted octanol–water partition coefficient (Wildman–Crippen LogP) is 6.04. The summed E-state index contributed by atoms with van der Waals surface area (Å²) in [4.78, 5) is 37.3. The van der Waals surface area contributed by atoms with Crippen LogP contribution < -0.4 is 29.7 Å². The molecule has 0 spiro atoms. The number of aromatic nitrogens is 2. The molecular weight excluding hydrogens is 596 g/mol. The zero-order valence-electron chi connectivity index (χ0n) is 25.4. The van der Waals surface area contributed by atoms with E-state index in [1.165, 1.54) is 11.3 Å². The molecule has 0 radical (unpaired) electrons. The smallest absolute Gasteiger partial charge is 0.271 e. The van der Waals surface area contributed by atoms with E-state index in [0.717, 1.165) is 33.3 Å². The van der Waals surface area contributed by atoms with Crippen LogP contribution in [0.25, 0.3) is 28.2 Å². The van der Waals surface area contributed by atoms with Crippen molar-refractivity contribution in [1.29, 1.82) is 0 Å². The number of H-pyrrole nitrogens is 1. The number of allylic oxidation sites excluding steroid dienone is 1. The minimum absolute atomic E-state index is 0.245. The van der Waals surface area contributed by atoms with E-state index >= 15 is 0 Å². The Morgan fingerprint density at radius 3 is 2.37 bits per heavy atom. The van der Waals surface area contributed by atoms with Crippen molar-refractivity contribution in [1.82, 2.24) is 9.55 Å². The van der Waals surface area contributed by atoms with Gasteiger partial charge in [0.15, 0.2) is 4.80 Å². The lowest BCUT2D eigenvalue weighted by atomic mass is 9.95. The first-order valence-corrected chi connectivity index (χ1v) is 15.5. The van der Waals surface area contributed by atoms with Crippen molar-refractivity contribution in [3.8, 4) is 22.8 Å². The van der Waals surface area contributed by atoms with E-state index < -0.39 is 6.04 Å². The molecule has 1 aliphatic heterocycles. The van der Waals surface area contributed by atoms with Crippen LogP contribution >= 0.6 is 11.3 Å². The Morgan fingerprint density at radius 1 is 0.913 bits per heavy atom. The molecule has 228 valence electrons. The van der Waals surface area contributed by atoms with Crippen LogP contribution in [0.4, 0.5) is 5.69 Å². The van der Waals surface area contributed by atoms with Gasteiger partial charge in [0, 0.05) is 22.2 Å². The van der Waals surface area contributed by atoms with Gasteiger partial charge in [0.1, 0.15) is 11.5 Å². The number of hydrogen-bond donors (Lipinski definition) is 2. The van der Waals surface area contributed by atoms with E-state index in [9.17, 15) is 9.59 Å². The summed E-state index contributed by atoms with van der Waals surface area (Å²) in [5.41, 5.74) is 5.72. The summed E-state index contributed by atoms with van der Waals surface area (Å²) in [5.74, 6) is 1.01. The Balaban J connectivity index is 1.45. The molecule has 6 aromatic rings. The first kappa shape index (κ1) is 29.1. The molecule has 3 heterocycles. The highest BCUT2D eigenvalue weighted by atomic mass is 32.1. The Morgan fingerprint density at radius 2 is 1.63 bits per heavy atom. The standard InChI is InChI=1S/C37H30N4O4S/c1-22-32(35(42)39-25-14-8-5-9-15-25)34(24-13-10-16-26(19-24)44-2)41-36(43)31(46-37(41)38-22)21-29-28-20-27(45-3)17-18-30(28)40-33(29)23-11-6-4-7-12-23/h4-21,34,40H,1-3H3,(H,39,42)/b31-21-/t34-/m1/s1. The maximum absolute atomic E-state index is 14.5. The van der Waals surface area contributed by atoms with Crippen molar-refractivity contribution in [2.75, 3.05) is 19.5 Å². The second kappa shape index (κ2) is 12.0. The molecule has 7 rings (SSSR count). The van der Waals surface area contributed by atoms with Crippen LogP contribution in [-0.2, 0) is 4.79 Å². The second-order valence-corrected chi connectivity index (χ2v) is 11.9. The Hall–Kier alpha value is -5.67. The van der Waals surface area contributed by atoms with E-state index in [-0.39, 0.29) is 11.5 Å². The average molecular weight is 627 g/mol. The van der Waals surface area contributed by atoms with Crippen LogP contribution in [-0.4, -0.2) is 29.7 Å². The molecule has 2 N–H and O–H groups in total. The van der Waals surface area contributed by atoms with Crippen molar-refractivity contribution < 1.29 is 14.3 Å². The SMILES string of the molecule is COc1cccc([C@@H]2C(C(=O)Nc3ccccc3)=C(C)N=c3s/c(=C\c4c(-c5ccccc5)[nH]c5ccc(OC)cc45)c(=O)n32)c1. The van der Waals surface area contributed by atoms with Crippen molar-refractivity contribution in [2.45, 2.75) is 13.0 Å². The lowest BCUT2D eigenvalue weighted by Crippen LogP contribution is -2.40. The number of ether oxygens (including phenoxy) is 2. The number of hydrogen-bond acceptors (Lipinski definition) is 6. The molecule has 1 aliphatic rings. The molecule has 4 aromatic carbocycles. The fraction of sp³-hybridized carbons (Fsp3) is 0.108. The number of rotatable bonds is 7. The number of benzene rings is 4. The fourth-order valence-electron chi connectivity index (χ4n) is 5.89. The van der Waals surface area contributed by atoms with Gasteiger partial charge < -0.3 is 19.8 Å². The lowest BCUT2D eigenvalue weighted by molar-refractivity contribution is -0.113. The lowest BCUT2D eigenvalue weighted by Gasteiger charge is -2.25. The van der Waals surface area contributed by atoms with Gasteiger partial charge in [0.25, 0.3) is 11.5 Å². The summed E-state index contributed by atoms with van der Waals surface area (Å²) < 4.78 is 13.2. The average Bonchev–Trinajstić information content (AvgIpc) is 3.60. The first-order chi connectivity index (χ1) is 22.4. The minimum Gasteiger partial charge on any atom is -0.497 e. The van der Waals surface area contributed by atoms with Crippen LogP contribution in [0.2, 0.25) is 0 Å². The summed E-state index contributed by atoms with van der Waals surface area (Å²) >= 11 is 1.30. The van der Waals surface area contributed by atoms with E-state index in [2.05, 4.69) is 10.3 Å². The highest BCUT2D eigenvalue weighted by molar-refractivity contribution is 7.07. The second-order valence-electron chi connectivity index (χ2n) is 10.9. The quantitative estimate of drug-likeness (QED) is 0.226. The Labute approximate surface area is 268 Å². The van der Waals surface area contributed by atoms with Gasteiger partial charge in [-0.25, -0.2) is 4.99 Å². The first-order valence-electron chi connectivity index (χ1n) is 14.7. The molecule has 0 saturated heterocycles. The van der Waals surface area contributed by atoms with Gasteiger partial charge >= 0.3 is 0 Å². The number of nitrogens with one attached hydrogen (secondary N) is 2. The van der Waals surface area contributed by atoms with E-state index in [4.69, 9.17) is 14.5 Å².